The van der Waals surface area contributed by atoms with Crippen LogP contribution in [-0.4, -0.2) is 63.7 Å². The predicted octanol–water partition coefficient (Wildman–Crippen LogP) is 4.58. The average Bonchev–Trinajstić information content (AvgIpc) is 3.44. The van der Waals surface area contributed by atoms with E-state index in [9.17, 15) is 45.8 Å². The van der Waals surface area contributed by atoms with Crippen LogP contribution in [0.2, 0.25) is 0 Å². The number of hydrogen-bond acceptors (Lipinski definition) is 7. The zero-order valence-electron chi connectivity index (χ0n) is 21.9. The number of fused-ring (bicyclic) bond motifs is 1. The van der Waals surface area contributed by atoms with Gasteiger partial charge in [0.15, 0.2) is 23.1 Å². The fraction of sp³-hybridized carbons (Fsp3) is 0.320. The lowest BCUT2D eigenvalue weighted by atomic mass is 10.1. The first-order chi connectivity index (χ1) is 19.5. The number of anilines is 1. The number of aromatic nitrogens is 1. The largest absolute Gasteiger partial charge is 0.573 e. The number of alkyl halides is 4. The number of carbonyl (C=O) groups is 3. The van der Waals surface area contributed by atoms with Crippen molar-refractivity contribution < 1.29 is 60.1 Å². The number of likely N-dealkylation sites (tertiary alicyclic amines) is 1. The van der Waals surface area contributed by atoms with Crippen molar-refractivity contribution in [3.05, 3.63) is 54.0 Å². The van der Waals surface area contributed by atoms with Gasteiger partial charge in [0.05, 0.1) is 12.1 Å². The lowest BCUT2D eigenvalue weighted by molar-refractivity contribution is -0.275. The Balaban J connectivity index is 1.54. The van der Waals surface area contributed by atoms with Crippen molar-refractivity contribution >= 4 is 41.8 Å². The third-order valence-corrected chi connectivity index (χ3v) is 6.46. The third kappa shape index (κ3) is 7.43. The quantitative estimate of drug-likeness (QED) is 0.117. The molecule has 0 spiro atoms. The zero-order valence-corrected chi connectivity index (χ0v) is 22.7. The summed E-state index contributed by atoms with van der Waals surface area (Å²) < 4.78 is 86.4. The number of carbonyl (C=O) groups excluding carboxylic acids is 3. The summed E-state index contributed by atoms with van der Waals surface area (Å²) in [7, 11) is -4.00. The summed E-state index contributed by atoms with van der Waals surface area (Å²) >= 11 is 0. The Morgan fingerprint density at radius 1 is 1.17 bits per heavy atom. The highest BCUT2D eigenvalue weighted by atomic mass is 31.2. The molecule has 17 heteroatoms. The van der Waals surface area contributed by atoms with Crippen LogP contribution >= 0.6 is 7.60 Å². The molecule has 1 unspecified atom stereocenters. The maximum absolute atomic E-state index is 14.4. The van der Waals surface area contributed by atoms with E-state index in [1.54, 1.807) is 0 Å². The van der Waals surface area contributed by atoms with Crippen LogP contribution in [0, 0.1) is 5.82 Å². The maximum atomic E-state index is 14.4. The Labute approximate surface area is 234 Å². The van der Waals surface area contributed by atoms with Crippen molar-refractivity contribution in [2.45, 2.75) is 38.5 Å². The maximum Gasteiger partial charge on any atom is 0.573 e. The fourth-order valence-electron chi connectivity index (χ4n) is 4.40. The van der Waals surface area contributed by atoms with Crippen LogP contribution in [-0.2, 0) is 25.4 Å². The second kappa shape index (κ2) is 11.7. The van der Waals surface area contributed by atoms with Crippen molar-refractivity contribution in [2.24, 2.45) is 0 Å². The molecule has 1 aliphatic rings. The summed E-state index contributed by atoms with van der Waals surface area (Å²) in [6.45, 7) is 1.28. The van der Waals surface area contributed by atoms with E-state index in [-0.39, 0.29) is 28.3 Å². The molecule has 42 heavy (non-hydrogen) atoms. The Morgan fingerprint density at radius 3 is 2.50 bits per heavy atom. The minimum absolute atomic E-state index is 0.0262. The number of nitrogens with one attached hydrogen (secondary N) is 1. The predicted molar refractivity (Wildman–Crippen MR) is 136 cm³/mol. The first-order valence-electron chi connectivity index (χ1n) is 12.1. The van der Waals surface area contributed by atoms with E-state index in [1.807, 2.05) is 0 Å². The molecule has 3 aromatic rings. The van der Waals surface area contributed by atoms with Gasteiger partial charge >= 0.3 is 14.0 Å². The minimum atomic E-state index is -5.13. The fourth-order valence-corrected chi connectivity index (χ4v) is 4.63. The molecule has 1 fully saturated rings. The van der Waals surface area contributed by atoms with Gasteiger partial charge in [0.1, 0.15) is 18.8 Å². The molecule has 4 rings (SSSR count). The molecule has 2 aromatic carbocycles. The second-order valence-electron chi connectivity index (χ2n) is 9.44. The van der Waals surface area contributed by atoms with Crippen LogP contribution < -0.4 is 14.9 Å². The Bertz CT molecular complexity index is 1590. The van der Waals surface area contributed by atoms with Crippen molar-refractivity contribution in [3.63, 3.8) is 0 Å². The minimum Gasteiger partial charge on any atom is -0.403 e. The molecule has 0 radical (unpaired) electrons. The number of Topliss-reactive ketones (excluding diaryl/α,β-unsaturated/α-hetero) is 1. The normalized spacial score (nSPS) is 18.5. The summed E-state index contributed by atoms with van der Waals surface area (Å²) in [4.78, 5) is 53.5. The van der Waals surface area contributed by atoms with E-state index in [0.717, 1.165) is 17.6 Å². The lowest BCUT2D eigenvalue weighted by Gasteiger charge is -2.24. The van der Waals surface area contributed by atoms with Crippen molar-refractivity contribution in [2.75, 3.05) is 18.5 Å². The molecule has 1 aromatic heterocycles. The van der Waals surface area contributed by atoms with Gasteiger partial charge in [0.25, 0.3) is 0 Å². The van der Waals surface area contributed by atoms with Crippen molar-refractivity contribution in [1.82, 2.24) is 9.47 Å². The van der Waals surface area contributed by atoms with Crippen LogP contribution in [0.3, 0.4) is 0 Å². The molecule has 11 nitrogen and oxygen atoms in total. The van der Waals surface area contributed by atoms with E-state index in [1.165, 1.54) is 35.9 Å². The van der Waals surface area contributed by atoms with Gasteiger partial charge in [-0.3, -0.25) is 18.9 Å². The number of halogens is 5. The molecule has 3 atom stereocenters. The number of amides is 2. The topological polar surface area (TPSA) is 136 Å². The molecule has 2 N–H and O–H groups in total. The van der Waals surface area contributed by atoms with Gasteiger partial charge in [0.2, 0.25) is 11.8 Å². The smallest absolute Gasteiger partial charge is 0.403 e. The highest BCUT2D eigenvalue weighted by Crippen LogP contribution is 2.38. The first-order valence-corrected chi connectivity index (χ1v) is 14.1. The number of hydrogen-bond donors (Lipinski definition) is 2. The molecule has 0 bridgehead atoms. The molecule has 2 heterocycles. The number of nitrogens with zero attached hydrogens (tertiary/aromatic N) is 2. The van der Waals surface area contributed by atoms with Gasteiger partial charge in [-0.15, -0.1) is 17.8 Å². The summed E-state index contributed by atoms with van der Waals surface area (Å²) in [6, 6.07) is 5.03. The van der Waals surface area contributed by atoms with E-state index in [2.05, 4.69) is 14.7 Å². The van der Waals surface area contributed by atoms with E-state index in [4.69, 9.17) is 4.89 Å². The van der Waals surface area contributed by atoms with Gasteiger partial charge in [-0.1, -0.05) is 0 Å². The van der Waals surface area contributed by atoms with Gasteiger partial charge < -0.3 is 29.3 Å². The lowest BCUT2D eigenvalue weighted by Crippen LogP contribution is -2.44. The monoisotopic (exact) mass is 619 g/mol. The number of ketones is 1. The second-order valence-corrected chi connectivity index (χ2v) is 11.2. The van der Waals surface area contributed by atoms with Gasteiger partial charge in [0, 0.05) is 48.1 Å². The van der Waals surface area contributed by atoms with Crippen molar-refractivity contribution in [1.29, 1.82) is 0 Å². The highest BCUT2D eigenvalue weighted by Gasteiger charge is 2.40. The summed E-state index contributed by atoms with van der Waals surface area (Å²) in [6.07, 6.45) is -5.74. The molecule has 2 amide bonds. The van der Waals surface area contributed by atoms with Crippen molar-refractivity contribution in [3.8, 4) is 11.5 Å². The molecular formula is C25H23F5N3O8P. The molecule has 0 saturated carbocycles. The van der Waals surface area contributed by atoms with Crippen LogP contribution in [0.5, 0.6) is 11.5 Å². The third-order valence-electron chi connectivity index (χ3n) is 6.11. The SMILES string of the molecule is CC(=O)c1cn(CC(=O)N2C[C@H](F)C[C@H]2C(=O)Nc2ccc(OC(F)(F)F)c(F)c2)c2cc(OOP(C)(=O)O)ccc12. The van der Waals surface area contributed by atoms with Crippen LogP contribution in [0.1, 0.15) is 23.7 Å². The zero-order chi connectivity index (χ0) is 31.0. The van der Waals surface area contributed by atoms with Gasteiger partial charge in [-0.2, -0.15) is 0 Å². The number of rotatable bonds is 9. The highest BCUT2D eigenvalue weighted by molar-refractivity contribution is 7.51. The van der Waals surface area contributed by atoms with Crippen LogP contribution in [0.15, 0.2) is 42.6 Å². The summed E-state index contributed by atoms with van der Waals surface area (Å²) in [5.74, 6) is -4.53. The molecule has 226 valence electrons. The molecule has 0 aliphatic carbocycles. The number of benzene rings is 2. The Morgan fingerprint density at radius 2 is 1.88 bits per heavy atom. The average molecular weight is 619 g/mol. The van der Waals surface area contributed by atoms with Crippen LogP contribution in [0.25, 0.3) is 10.9 Å². The standard InChI is InChI=1S/C25H23F5N3O8P/c1-13(34)18-11-32(20-9-16(4-5-17(18)20)40-41-42(2,37)38)12-23(35)33-10-14(26)7-21(33)24(36)31-15-3-6-22(19(27)8-15)39-25(28,29)30/h3-6,8-9,11,14,21H,7,10,12H2,1-2H3,(H,31,36)(H,37,38)/t14-,21+/m1/s1. The van der Waals surface area contributed by atoms with Gasteiger partial charge in [-0.25, -0.2) is 8.78 Å². The molecule has 1 aliphatic heterocycles. The van der Waals surface area contributed by atoms with E-state index in [0.29, 0.717) is 17.5 Å². The summed E-state index contributed by atoms with van der Waals surface area (Å²) in [5.41, 5.74) is 0.262. The Kier molecular flexibility index (Phi) is 8.62. The Hall–Kier alpha value is -4.01. The summed E-state index contributed by atoms with van der Waals surface area (Å²) in [5, 5.41) is 2.67. The molecular weight excluding hydrogens is 596 g/mol. The van der Waals surface area contributed by atoms with E-state index >= 15 is 0 Å². The number of ether oxygens (including phenoxy) is 1. The first kappa shape index (κ1) is 30.9. The van der Waals surface area contributed by atoms with E-state index < -0.39 is 69.1 Å². The van der Waals surface area contributed by atoms with Crippen LogP contribution in [0.4, 0.5) is 27.6 Å². The molecule has 1 saturated heterocycles. The van der Waals surface area contributed by atoms with Gasteiger partial charge in [-0.05, 0) is 31.2 Å².